The number of benzene rings is 1. The average Bonchev–Trinajstić information content (AvgIpc) is 3.10. The Balaban J connectivity index is 1.75. The first-order chi connectivity index (χ1) is 8.92. The number of nitrogens with zero attached hydrogens (tertiary/aromatic N) is 4. The van der Waals surface area contributed by atoms with Crippen LogP contribution in [0, 0.1) is 0 Å². The second kappa shape index (κ2) is 4.70. The normalized spacial score (nSPS) is 10.4. The molecule has 0 aliphatic heterocycles. The molecule has 0 spiro atoms. The number of rotatable bonds is 4. The maximum absolute atomic E-state index is 4.16. The van der Waals surface area contributed by atoms with Gasteiger partial charge in [-0.1, -0.05) is 6.07 Å². The molecular weight excluding hydrogens is 228 g/mol. The Labute approximate surface area is 104 Å². The first kappa shape index (κ1) is 10.5. The Morgan fingerprint density at radius 3 is 2.89 bits per heavy atom. The van der Waals surface area contributed by atoms with Crippen LogP contribution in [0.15, 0.2) is 49.3 Å². The second-order valence-electron chi connectivity index (χ2n) is 3.81. The van der Waals surface area contributed by atoms with E-state index in [1.165, 1.54) is 0 Å². The summed E-state index contributed by atoms with van der Waals surface area (Å²) in [5.74, 6) is 0.907. The average molecular weight is 240 g/mol. The first-order valence-electron chi connectivity index (χ1n) is 5.59. The smallest absolute Gasteiger partial charge is 0.125 e. The molecule has 0 amide bonds. The van der Waals surface area contributed by atoms with Gasteiger partial charge in [-0.25, -0.2) is 4.98 Å². The standard InChI is InChI=1S/C12H12N6/c1-2-10(15-7-12-13-4-5-14-12)6-11(3-1)18-8-16-17-9-18/h1-6,8-9,15H,7H2,(H,13,14). The van der Waals surface area contributed by atoms with Crippen LogP contribution in [-0.4, -0.2) is 24.7 Å². The minimum absolute atomic E-state index is 0.665. The van der Waals surface area contributed by atoms with E-state index in [0.717, 1.165) is 17.2 Å². The van der Waals surface area contributed by atoms with Crippen LogP contribution in [0.3, 0.4) is 0 Å². The second-order valence-corrected chi connectivity index (χ2v) is 3.81. The molecule has 0 atom stereocenters. The van der Waals surface area contributed by atoms with Crippen molar-refractivity contribution in [3.05, 3.63) is 55.1 Å². The monoisotopic (exact) mass is 240 g/mol. The maximum atomic E-state index is 4.16. The Bertz CT molecular complexity index is 599. The summed E-state index contributed by atoms with van der Waals surface area (Å²) in [6.45, 7) is 0.665. The molecule has 2 aromatic heterocycles. The third kappa shape index (κ3) is 2.22. The van der Waals surface area contributed by atoms with Gasteiger partial charge >= 0.3 is 0 Å². The van der Waals surface area contributed by atoms with Crippen molar-refractivity contribution in [1.29, 1.82) is 0 Å². The summed E-state index contributed by atoms with van der Waals surface area (Å²) >= 11 is 0. The summed E-state index contributed by atoms with van der Waals surface area (Å²) < 4.78 is 1.86. The number of imidazole rings is 1. The molecule has 0 saturated heterocycles. The largest absolute Gasteiger partial charge is 0.378 e. The highest BCUT2D eigenvalue weighted by molar-refractivity contribution is 5.50. The summed E-state index contributed by atoms with van der Waals surface area (Å²) in [6, 6.07) is 8.03. The van der Waals surface area contributed by atoms with E-state index < -0.39 is 0 Å². The number of aromatic nitrogens is 5. The van der Waals surface area contributed by atoms with Crippen LogP contribution in [0.2, 0.25) is 0 Å². The van der Waals surface area contributed by atoms with Crippen LogP contribution in [0.25, 0.3) is 5.69 Å². The van der Waals surface area contributed by atoms with E-state index in [4.69, 9.17) is 0 Å². The first-order valence-corrected chi connectivity index (χ1v) is 5.59. The highest BCUT2D eigenvalue weighted by atomic mass is 15.2. The summed E-state index contributed by atoms with van der Waals surface area (Å²) in [5.41, 5.74) is 2.04. The number of hydrogen-bond donors (Lipinski definition) is 2. The number of anilines is 1. The number of aromatic amines is 1. The highest BCUT2D eigenvalue weighted by Crippen LogP contribution is 2.14. The molecule has 0 radical (unpaired) electrons. The Morgan fingerprint density at radius 2 is 2.11 bits per heavy atom. The lowest BCUT2D eigenvalue weighted by Gasteiger charge is -2.07. The molecule has 18 heavy (non-hydrogen) atoms. The van der Waals surface area contributed by atoms with Gasteiger partial charge in [0.25, 0.3) is 0 Å². The fourth-order valence-electron chi connectivity index (χ4n) is 1.69. The summed E-state index contributed by atoms with van der Waals surface area (Å²) in [5, 5.41) is 10.9. The van der Waals surface area contributed by atoms with Crippen LogP contribution in [0.4, 0.5) is 5.69 Å². The molecule has 90 valence electrons. The van der Waals surface area contributed by atoms with E-state index in [0.29, 0.717) is 6.54 Å². The summed E-state index contributed by atoms with van der Waals surface area (Å²) in [6.07, 6.45) is 6.90. The maximum Gasteiger partial charge on any atom is 0.125 e. The lowest BCUT2D eigenvalue weighted by Crippen LogP contribution is -2.01. The third-order valence-corrected chi connectivity index (χ3v) is 2.58. The summed E-state index contributed by atoms with van der Waals surface area (Å²) in [7, 11) is 0. The van der Waals surface area contributed by atoms with E-state index in [2.05, 4.69) is 25.5 Å². The fraction of sp³-hybridized carbons (Fsp3) is 0.0833. The molecule has 6 nitrogen and oxygen atoms in total. The van der Waals surface area contributed by atoms with E-state index in [-0.39, 0.29) is 0 Å². The molecule has 0 fully saturated rings. The highest BCUT2D eigenvalue weighted by Gasteiger charge is 1.99. The van der Waals surface area contributed by atoms with Crippen LogP contribution < -0.4 is 5.32 Å². The molecule has 2 N–H and O–H groups in total. The Kier molecular flexibility index (Phi) is 2.75. The van der Waals surface area contributed by atoms with Gasteiger partial charge in [0.2, 0.25) is 0 Å². The topological polar surface area (TPSA) is 71.4 Å². The Hall–Kier alpha value is -2.63. The van der Waals surface area contributed by atoms with Gasteiger partial charge in [0.05, 0.1) is 12.2 Å². The van der Waals surface area contributed by atoms with Gasteiger partial charge < -0.3 is 10.3 Å². The molecule has 6 heteroatoms. The van der Waals surface area contributed by atoms with E-state index in [9.17, 15) is 0 Å². The van der Waals surface area contributed by atoms with E-state index >= 15 is 0 Å². The molecule has 3 aromatic rings. The van der Waals surface area contributed by atoms with Crippen LogP contribution in [0.5, 0.6) is 0 Å². The van der Waals surface area contributed by atoms with Crippen molar-refractivity contribution in [1.82, 2.24) is 24.7 Å². The molecule has 0 aliphatic carbocycles. The van der Waals surface area contributed by atoms with Crippen molar-refractivity contribution in [2.45, 2.75) is 6.54 Å². The van der Waals surface area contributed by atoms with Gasteiger partial charge in [-0.3, -0.25) is 4.57 Å². The van der Waals surface area contributed by atoms with Crippen molar-refractivity contribution >= 4 is 5.69 Å². The quantitative estimate of drug-likeness (QED) is 0.726. The van der Waals surface area contributed by atoms with Crippen LogP contribution >= 0.6 is 0 Å². The predicted octanol–water partition coefficient (Wildman–Crippen LogP) is 1.60. The molecule has 3 rings (SSSR count). The zero-order chi connectivity index (χ0) is 12.2. The fourth-order valence-corrected chi connectivity index (χ4v) is 1.69. The molecule has 1 aromatic carbocycles. The Morgan fingerprint density at radius 1 is 1.22 bits per heavy atom. The van der Waals surface area contributed by atoms with Crippen molar-refractivity contribution in [2.24, 2.45) is 0 Å². The summed E-state index contributed by atoms with van der Waals surface area (Å²) in [4.78, 5) is 7.21. The van der Waals surface area contributed by atoms with Crippen molar-refractivity contribution in [3.63, 3.8) is 0 Å². The van der Waals surface area contributed by atoms with Crippen LogP contribution in [0.1, 0.15) is 5.82 Å². The van der Waals surface area contributed by atoms with Gasteiger partial charge in [-0.05, 0) is 18.2 Å². The SMILES string of the molecule is c1cc(NCc2ncc[nH]2)cc(-n2cnnc2)c1. The molecule has 2 heterocycles. The number of nitrogens with one attached hydrogen (secondary N) is 2. The predicted molar refractivity (Wildman–Crippen MR) is 67.3 cm³/mol. The minimum Gasteiger partial charge on any atom is -0.378 e. The lowest BCUT2D eigenvalue weighted by atomic mass is 10.2. The van der Waals surface area contributed by atoms with Crippen molar-refractivity contribution in [2.75, 3.05) is 5.32 Å². The molecule has 0 saturated carbocycles. The van der Waals surface area contributed by atoms with E-state index in [1.54, 1.807) is 18.9 Å². The van der Waals surface area contributed by atoms with Gasteiger partial charge in [0, 0.05) is 18.1 Å². The molecule has 0 aliphatic rings. The van der Waals surface area contributed by atoms with Gasteiger partial charge in [-0.15, -0.1) is 10.2 Å². The molecule has 0 unspecified atom stereocenters. The zero-order valence-corrected chi connectivity index (χ0v) is 9.61. The third-order valence-electron chi connectivity index (χ3n) is 2.58. The van der Waals surface area contributed by atoms with Crippen LogP contribution in [-0.2, 0) is 6.54 Å². The number of hydrogen-bond acceptors (Lipinski definition) is 4. The van der Waals surface area contributed by atoms with Gasteiger partial charge in [-0.2, -0.15) is 0 Å². The van der Waals surface area contributed by atoms with Crippen molar-refractivity contribution in [3.8, 4) is 5.69 Å². The minimum atomic E-state index is 0.665. The number of H-pyrrole nitrogens is 1. The molecular formula is C12H12N6. The molecule has 0 bridgehead atoms. The van der Waals surface area contributed by atoms with E-state index in [1.807, 2.05) is 35.0 Å². The van der Waals surface area contributed by atoms with Gasteiger partial charge in [0.15, 0.2) is 0 Å². The zero-order valence-electron chi connectivity index (χ0n) is 9.61. The van der Waals surface area contributed by atoms with Gasteiger partial charge in [0.1, 0.15) is 18.5 Å². The lowest BCUT2D eigenvalue weighted by molar-refractivity contribution is 0.996. The van der Waals surface area contributed by atoms with Crippen molar-refractivity contribution < 1.29 is 0 Å².